The normalized spacial score (nSPS) is 12.8. The first kappa shape index (κ1) is 12.6. The number of ether oxygens (including phenoxy) is 1. The fraction of sp³-hybridized carbons (Fsp3) is 0.455. The Morgan fingerprint density at radius 2 is 2.27 bits per heavy atom. The molecule has 0 bridgehead atoms. The summed E-state index contributed by atoms with van der Waals surface area (Å²) in [5.41, 5.74) is 0.342. The van der Waals surface area contributed by atoms with Crippen LogP contribution in [0, 0.1) is 5.82 Å². The zero-order valence-corrected chi connectivity index (χ0v) is 10.1. The van der Waals surface area contributed by atoms with Crippen LogP contribution in [0.1, 0.15) is 24.5 Å². The first-order valence-corrected chi connectivity index (χ1v) is 5.56. The van der Waals surface area contributed by atoms with Crippen molar-refractivity contribution in [2.45, 2.75) is 18.9 Å². The van der Waals surface area contributed by atoms with Crippen molar-refractivity contribution in [2.24, 2.45) is 0 Å². The predicted octanol–water partition coefficient (Wildman–Crippen LogP) is 3.05. The van der Waals surface area contributed by atoms with Gasteiger partial charge in [0.15, 0.2) is 0 Å². The lowest BCUT2D eigenvalue weighted by molar-refractivity contribution is 0.133. The van der Waals surface area contributed by atoms with Crippen LogP contribution in [0.5, 0.6) is 0 Å². The third kappa shape index (κ3) is 3.89. The van der Waals surface area contributed by atoms with Crippen LogP contribution >= 0.6 is 15.9 Å². The van der Waals surface area contributed by atoms with Crippen LogP contribution in [0.15, 0.2) is 22.7 Å². The molecule has 0 amide bonds. The number of hydrogen-bond acceptors (Lipinski definition) is 2. The number of halogens is 2. The van der Waals surface area contributed by atoms with E-state index >= 15 is 0 Å². The second-order valence-electron chi connectivity index (χ2n) is 3.32. The molecule has 0 spiro atoms. The van der Waals surface area contributed by atoms with Gasteiger partial charge in [0.25, 0.3) is 0 Å². The topological polar surface area (TPSA) is 29.5 Å². The van der Waals surface area contributed by atoms with E-state index in [9.17, 15) is 9.50 Å². The molecule has 1 N–H and O–H groups in total. The summed E-state index contributed by atoms with van der Waals surface area (Å²) < 4.78 is 18.9. The monoisotopic (exact) mass is 276 g/mol. The van der Waals surface area contributed by atoms with E-state index < -0.39 is 6.10 Å². The van der Waals surface area contributed by atoms with Crippen molar-refractivity contribution < 1.29 is 14.2 Å². The van der Waals surface area contributed by atoms with Crippen LogP contribution < -0.4 is 0 Å². The zero-order valence-electron chi connectivity index (χ0n) is 8.54. The zero-order chi connectivity index (χ0) is 11.3. The third-order valence-corrected chi connectivity index (χ3v) is 2.64. The highest BCUT2D eigenvalue weighted by Crippen LogP contribution is 2.23. The summed E-state index contributed by atoms with van der Waals surface area (Å²) in [6, 6.07) is 4.67. The molecule has 0 aromatic heterocycles. The van der Waals surface area contributed by atoms with Gasteiger partial charge in [-0.1, -0.05) is 22.0 Å². The summed E-state index contributed by atoms with van der Waals surface area (Å²) in [5.74, 6) is -0.380. The molecule has 2 nitrogen and oxygen atoms in total. The number of methoxy groups -OCH3 is 1. The number of aliphatic hydroxyl groups excluding tert-OH is 1. The summed E-state index contributed by atoms with van der Waals surface area (Å²) in [4.78, 5) is 0. The van der Waals surface area contributed by atoms with Crippen LogP contribution in [-0.2, 0) is 4.74 Å². The number of hydrogen-bond donors (Lipinski definition) is 1. The molecule has 15 heavy (non-hydrogen) atoms. The molecule has 1 aromatic rings. The van der Waals surface area contributed by atoms with Gasteiger partial charge in [0.2, 0.25) is 0 Å². The molecule has 1 aromatic carbocycles. The molecule has 0 aliphatic rings. The SMILES string of the molecule is COCCCC(O)c1ccc(Br)cc1F. The fourth-order valence-corrected chi connectivity index (χ4v) is 1.68. The van der Waals surface area contributed by atoms with Crippen molar-refractivity contribution in [2.75, 3.05) is 13.7 Å². The van der Waals surface area contributed by atoms with E-state index in [2.05, 4.69) is 15.9 Å². The number of benzene rings is 1. The first-order chi connectivity index (χ1) is 7.15. The van der Waals surface area contributed by atoms with Crippen LogP contribution in [-0.4, -0.2) is 18.8 Å². The van der Waals surface area contributed by atoms with Crippen LogP contribution in [0.25, 0.3) is 0 Å². The van der Waals surface area contributed by atoms with Gasteiger partial charge in [-0.05, 0) is 25.0 Å². The van der Waals surface area contributed by atoms with Gasteiger partial charge >= 0.3 is 0 Å². The average Bonchev–Trinajstić information content (AvgIpc) is 2.17. The molecule has 1 atom stereocenters. The molecule has 0 aliphatic carbocycles. The maximum absolute atomic E-state index is 13.4. The van der Waals surface area contributed by atoms with E-state index in [0.717, 1.165) is 0 Å². The Balaban J connectivity index is 2.61. The van der Waals surface area contributed by atoms with Crippen molar-refractivity contribution in [3.8, 4) is 0 Å². The summed E-state index contributed by atoms with van der Waals surface area (Å²) in [6.07, 6.45) is 0.466. The van der Waals surface area contributed by atoms with E-state index in [1.165, 1.54) is 6.07 Å². The van der Waals surface area contributed by atoms with E-state index in [-0.39, 0.29) is 5.82 Å². The van der Waals surface area contributed by atoms with Crippen molar-refractivity contribution in [3.05, 3.63) is 34.1 Å². The Morgan fingerprint density at radius 3 is 2.87 bits per heavy atom. The molecule has 0 heterocycles. The highest BCUT2D eigenvalue weighted by atomic mass is 79.9. The lowest BCUT2D eigenvalue weighted by Gasteiger charge is -2.11. The smallest absolute Gasteiger partial charge is 0.130 e. The Kier molecular flexibility index (Phi) is 5.22. The Morgan fingerprint density at radius 1 is 1.53 bits per heavy atom. The van der Waals surface area contributed by atoms with Crippen molar-refractivity contribution in [1.82, 2.24) is 0 Å². The Bertz CT molecular complexity index is 317. The van der Waals surface area contributed by atoms with Gasteiger partial charge in [0.1, 0.15) is 5.82 Å². The molecule has 0 radical (unpaired) electrons. The standard InChI is InChI=1S/C11H14BrFO2/c1-15-6-2-3-11(14)9-5-4-8(12)7-10(9)13/h4-5,7,11,14H,2-3,6H2,1H3. The molecular formula is C11H14BrFO2. The molecule has 0 saturated carbocycles. The molecule has 0 fully saturated rings. The highest BCUT2D eigenvalue weighted by molar-refractivity contribution is 9.10. The van der Waals surface area contributed by atoms with Crippen molar-refractivity contribution in [3.63, 3.8) is 0 Å². The largest absolute Gasteiger partial charge is 0.388 e. The quantitative estimate of drug-likeness (QED) is 0.838. The van der Waals surface area contributed by atoms with E-state index in [1.54, 1.807) is 19.2 Å². The molecular weight excluding hydrogens is 263 g/mol. The second-order valence-corrected chi connectivity index (χ2v) is 4.23. The molecule has 84 valence electrons. The summed E-state index contributed by atoms with van der Waals surface area (Å²) >= 11 is 3.17. The summed E-state index contributed by atoms with van der Waals surface area (Å²) in [7, 11) is 1.60. The fourth-order valence-electron chi connectivity index (χ4n) is 1.35. The maximum atomic E-state index is 13.4. The van der Waals surface area contributed by atoms with Gasteiger partial charge in [0, 0.05) is 23.8 Å². The predicted molar refractivity (Wildman–Crippen MR) is 60.2 cm³/mol. The lowest BCUT2D eigenvalue weighted by atomic mass is 10.0. The third-order valence-electron chi connectivity index (χ3n) is 2.15. The Hall–Kier alpha value is -0.450. The van der Waals surface area contributed by atoms with Gasteiger partial charge in [-0.3, -0.25) is 0 Å². The highest BCUT2D eigenvalue weighted by Gasteiger charge is 2.12. The maximum Gasteiger partial charge on any atom is 0.130 e. The molecule has 0 aliphatic heterocycles. The van der Waals surface area contributed by atoms with Crippen LogP contribution in [0.3, 0.4) is 0 Å². The van der Waals surface area contributed by atoms with Crippen molar-refractivity contribution in [1.29, 1.82) is 0 Å². The van der Waals surface area contributed by atoms with Crippen LogP contribution in [0.2, 0.25) is 0 Å². The van der Waals surface area contributed by atoms with Gasteiger partial charge in [-0.25, -0.2) is 4.39 Å². The molecule has 1 rings (SSSR count). The number of aliphatic hydroxyl groups is 1. The average molecular weight is 277 g/mol. The van der Waals surface area contributed by atoms with Crippen LogP contribution in [0.4, 0.5) is 4.39 Å². The number of rotatable bonds is 5. The van der Waals surface area contributed by atoms with E-state index in [0.29, 0.717) is 29.5 Å². The summed E-state index contributed by atoms with van der Waals surface area (Å²) in [5, 5.41) is 9.71. The van der Waals surface area contributed by atoms with E-state index in [4.69, 9.17) is 4.74 Å². The minimum atomic E-state index is -0.756. The van der Waals surface area contributed by atoms with Crippen molar-refractivity contribution >= 4 is 15.9 Å². The van der Waals surface area contributed by atoms with Gasteiger partial charge in [-0.15, -0.1) is 0 Å². The van der Waals surface area contributed by atoms with Gasteiger partial charge < -0.3 is 9.84 Å². The minimum absolute atomic E-state index is 0.342. The molecule has 1 unspecified atom stereocenters. The van der Waals surface area contributed by atoms with Gasteiger partial charge in [-0.2, -0.15) is 0 Å². The van der Waals surface area contributed by atoms with Gasteiger partial charge in [0.05, 0.1) is 6.10 Å². The lowest BCUT2D eigenvalue weighted by Crippen LogP contribution is -2.02. The molecule has 4 heteroatoms. The Labute approximate surface area is 97.2 Å². The summed E-state index contributed by atoms with van der Waals surface area (Å²) in [6.45, 7) is 0.579. The second kappa shape index (κ2) is 6.20. The minimum Gasteiger partial charge on any atom is -0.388 e. The molecule has 0 saturated heterocycles. The van der Waals surface area contributed by atoms with E-state index in [1.807, 2.05) is 0 Å². The first-order valence-electron chi connectivity index (χ1n) is 4.77.